The van der Waals surface area contributed by atoms with Gasteiger partial charge in [0.05, 0.1) is 11.9 Å². The molecular weight excluding hydrogens is 342 g/mol. The van der Waals surface area contributed by atoms with Crippen LogP contribution in [0.25, 0.3) is 12.2 Å². The molecular formula is C15H10F2N2O2S2. The lowest BCUT2D eigenvalue weighted by atomic mass is 10.3. The van der Waals surface area contributed by atoms with Crippen LogP contribution in [-0.2, 0) is 10.0 Å². The molecule has 0 aliphatic rings. The Labute approximate surface area is 135 Å². The third-order valence-electron chi connectivity index (χ3n) is 3.00. The van der Waals surface area contributed by atoms with E-state index < -0.39 is 26.6 Å². The summed E-state index contributed by atoms with van der Waals surface area (Å²) in [5.74, 6) is -2.01. The second-order valence-electron chi connectivity index (χ2n) is 4.53. The molecule has 2 aromatic heterocycles. The minimum Gasteiger partial charge on any atom is -0.207 e. The van der Waals surface area contributed by atoms with Gasteiger partial charge in [0.2, 0.25) is 0 Å². The number of benzene rings is 1. The maximum atomic E-state index is 13.8. The van der Waals surface area contributed by atoms with Crippen molar-refractivity contribution in [3.8, 4) is 0 Å². The van der Waals surface area contributed by atoms with Gasteiger partial charge >= 0.3 is 0 Å². The van der Waals surface area contributed by atoms with Gasteiger partial charge in [-0.1, -0.05) is 6.07 Å². The molecule has 2 heterocycles. The molecule has 0 saturated carbocycles. The van der Waals surface area contributed by atoms with E-state index >= 15 is 0 Å². The number of rotatable bonds is 4. The number of thiophene rings is 1. The minimum atomic E-state index is -4.25. The lowest BCUT2D eigenvalue weighted by Crippen LogP contribution is -2.17. The summed E-state index contributed by atoms with van der Waals surface area (Å²) in [6.07, 6.45) is 4.60. The van der Waals surface area contributed by atoms with Gasteiger partial charge in [0.15, 0.2) is 0 Å². The number of halogens is 2. The fourth-order valence-electron chi connectivity index (χ4n) is 1.95. The monoisotopic (exact) mass is 352 g/mol. The van der Waals surface area contributed by atoms with Gasteiger partial charge in [-0.15, -0.1) is 11.3 Å². The fraction of sp³-hybridized carbons (Fsp3) is 0. The van der Waals surface area contributed by atoms with Gasteiger partial charge in [-0.3, -0.25) is 0 Å². The molecule has 0 aliphatic carbocycles. The molecule has 0 spiro atoms. The topological polar surface area (TPSA) is 52.0 Å². The Bertz CT molecular complexity index is 961. The molecule has 118 valence electrons. The van der Waals surface area contributed by atoms with Crippen molar-refractivity contribution in [2.45, 2.75) is 4.90 Å². The Morgan fingerprint density at radius 1 is 1.13 bits per heavy atom. The molecule has 0 saturated heterocycles. The molecule has 0 N–H and O–H groups in total. The summed E-state index contributed by atoms with van der Waals surface area (Å²) in [6.45, 7) is 0. The van der Waals surface area contributed by atoms with E-state index in [0.717, 1.165) is 17.0 Å². The summed E-state index contributed by atoms with van der Waals surface area (Å²) >= 11 is 1.49. The molecule has 4 nitrogen and oxygen atoms in total. The normalized spacial score (nSPS) is 12.1. The minimum absolute atomic E-state index is 0.266. The second-order valence-corrected chi connectivity index (χ2v) is 7.24. The molecule has 0 amide bonds. The van der Waals surface area contributed by atoms with E-state index in [9.17, 15) is 17.2 Å². The molecule has 23 heavy (non-hydrogen) atoms. The number of hydrogen-bond acceptors (Lipinski definition) is 4. The summed E-state index contributed by atoms with van der Waals surface area (Å²) in [5.41, 5.74) is 0.266. The lowest BCUT2D eigenvalue weighted by Gasteiger charge is -2.07. The first-order valence-electron chi connectivity index (χ1n) is 6.45. The van der Waals surface area contributed by atoms with Crippen molar-refractivity contribution in [3.63, 3.8) is 0 Å². The third-order valence-corrected chi connectivity index (χ3v) is 5.48. The maximum Gasteiger partial charge on any atom is 0.286 e. The van der Waals surface area contributed by atoms with Crippen molar-refractivity contribution in [1.82, 2.24) is 9.19 Å². The zero-order valence-corrected chi connectivity index (χ0v) is 13.2. The van der Waals surface area contributed by atoms with E-state index in [1.807, 2.05) is 17.5 Å². The van der Waals surface area contributed by atoms with Crippen LogP contribution >= 0.6 is 11.3 Å². The molecule has 3 rings (SSSR count). The van der Waals surface area contributed by atoms with E-state index in [0.29, 0.717) is 10.2 Å². The quantitative estimate of drug-likeness (QED) is 0.720. The highest BCUT2D eigenvalue weighted by atomic mass is 32.2. The van der Waals surface area contributed by atoms with Gasteiger partial charge in [-0.05, 0) is 41.8 Å². The van der Waals surface area contributed by atoms with Crippen molar-refractivity contribution in [2.24, 2.45) is 0 Å². The van der Waals surface area contributed by atoms with E-state index in [1.54, 1.807) is 12.2 Å². The Hall–Kier alpha value is -2.32. The average Bonchev–Trinajstić information content (AvgIpc) is 3.16. The van der Waals surface area contributed by atoms with Gasteiger partial charge < -0.3 is 0 Å². The highest BCUT2D eigenvalue weighted by Gasteiger charge is 2.24. The van der Waals surface area contributed by atoms with Crippen molar-refractivity contribution in [2.75, 3.05) is 0 Å². The average molecular weight is 352 g/mol. The Morgan fingerprint density at radius 3 is 2.65 bits per heavy atom. The largest absolute Gasteiger partial charge is 0.286 e. The molecule has 0 unspecified atom stereocenters. The molecule has 0 radical (unpaired) electrons. The predicted molar refractivity (Wildman–Crippen MR) is 84.4 cm³/mol. The van der Waals surface area contributed by atoms with Crippen LogP contribution in [0.4, 0.5) is 8.78 Å². The molecule has 0 fully saturated rings. The van der Waals surface area contributed by atoms with Crippen molar-refractivity contribution in [1.29, 1.82) is 0 Å². The van der Waals surface area contributed by atoms with Crippen LogP contribution in [0.5, 0.6) is 0 Å². The number of hydrogen-bond donors (Lipinski definition) is 0. The number of nitrogens with zero attached hydrogens (tertiary/aromatic N) is 2. The SMILES string of the molecule is O=S(=O)(c1ccc(F)cc1F)n1nccc1C=Cc1cccs1. The highest BCUT2D eigenvalue weighted by Crippen LogP contribution is 2.21. The number of aromatic nitrogens is 2. The zero-order chi connectivity index (χ0) is 16.4. The van der Waals surface area contributed by atoms with Gasteiger partial charge in [-0.25, -0.2) is 8.78 Å². The summed E-state index contributed by atoms with van der Waals surface area (Å²) in [6, 6.07) is 7.53. The molecule has 0 bridgehead atoms. The van der Waals surface area contributed by atoms with Gasteiger partial charge in [0.25, 0.3) is 10.0 Å². The van der Waals surface area contributed by atoms with Gasteiger partial charge in [0, 0.05) is 10.9 Å². The second kappa shape index (κ2) is 6.05. The lowest BCUT2D eigenvalue weighted by molar-refractivity contribution is 0.542. The molecule has 3 aromatic rings. The van der Waals surface area contributed by atoms with E-state index in [4.69, 9.17) is 0 Å². The van der Waals surface area contributed by atoms with Crippen molar-refractivity contribution in [3.05, 3.63) is 70.2 Å². The summed E-state index contributed by atoms with van der Waals surface area (Å²) in [5, 5.41) is 5.64. The van der Waals surface area contributed by atoms with Crippen LogP contribution in [-0.4, -0.2) is 17.6 Å². The smallest absolute Gasteiger partial charge is 0.207 e. The van der Waals surface area contributed by atoms with Crippen LogP contribution in [0.3, 0.4) is 0 Å². The molecule has 0 aliphatic heterocycles. The Morgan fingerprint density at radius 2 is 1.96 bits per heavy atom. The van der Waals surface area contributed by atoms with Gasteiger partial charge in [0.1, 0.15) is 16.5 Å². The first kappa shape index (κ1) is 15.6. The summed E-state index contributed by atoms with van der Waals surface area (Å²) in [7, 11) is -4.25. The van der Waals surface area contributed by atoms with E-state index in [-0.39, 0.29) is 5.69 Å². The van der Waals surface area contributed by atoms with Crippen LogP contribution in [0, 0.1) is 11.6 Å². The van der Waals surface area contributed by atoms with Crippen molar-refractivity contribution >= 4 is 33.5 Å². The Kier molecular flexibility index (Phi) is 4.10. The molecule has 1 aromatic carbocycles. The summed E-state index contributed by atoms with van der Waals surface area (Å²) < 4.78 is 52.5. The highest BCUT2D eigenvalue weighted by molar-refractivity contribution is 7.89. The van der Waals surface area contributed by atoms with E-state index in [2.05, 4.69) is 5.10 Å². The fourth-order valence-corrected chi connectivity index (χ4v) is 3.88. The van der Waals surface area contributed by atoms with Crippen LogP contribution < -0.4 is 0 Å². The van der Waals surface area contributed by atoms with Crippen LogP contribution in [0.15, 0.2) is 52.9 Å². The van der Waals surface area contributed by atoms with Crippen LogP contribution in [0.2, 0.25) is 0 Å². The molecule has 8 heteroatoms. The Balaban J connectivity index is 2.03. The summed E-state index contributed by atoms with van der Waals surface area (Å²) in [4.78, 5) is 0.302. The van der Waals surface area contributed by atoms with Crippen molar-refractivity contribution < 1.29 is 17.2 Å². The standard InChI is InChI=1S/C15H10F2N2O2S2/c16-11-3-6-15(14(17)10-11)23(20,21)19-12(7-8-18-19)4-5-13-2-1-9-22-13/h1-10H. The van der Waals surface area contributed by atoms with E-state index in [1.165, 1.54) is 23.6 Å². The maximum absolute atomic E-state index is 13.8. The first-order valence-corrected chi connectivity index (χ1v) is 8.77. The van der Waals surface area contributed by atoms with Crippen LogP contribution in [0.1, 0.15) is 10.6 Å². The zero-order valence-electron chi connectivity index (χ0n) is 11.6. The third kappa shape index (κ3) is 3.08. The molecule has 0 atom stereocenters. The predicted octanol–water partition coefficient (Wildman–Crippen LogP) is 3.63. The van der Waals surface area contributed by atoms with Gasteiger partial charge in [-0.2, -0.15) is 17.6 Å². The first-order chi connectivity index (χ1) is 11.0.